The maximum atomic E-state index is 14.0. The standard InChI is InChI=1S/C31H32N2O3/c34-26-17-15-23(16-18-26)31(29(35)19-22-9-3-1-4-10-22)33(25-11-5-2-6-12-25)30(36)20-24-21-32-28-14-8-7-13-27(24)28/h2,5-8,11-18,21-22,31-32,34H,1,3-4,9-10,19-20H2. The number of Topliss-reactive ketones (excluding diaryl/α,β-unsaturated/α-hetero) is 1. The molecule has 1 aliphatic carbocycles. The van der Waals surface area contributed by atoms with Crippen molar-refractivity contribution in [2.45, 2.75) is 51.0 Å². The van der Waals surface area contributed by atoms with Gasteiger partial charge in [0.25, 0.3) is 0 Å². The fraction of sp³-hybridized carbons (Fsp3) is 0.290. The molecule has 5 heteroatoms. The Bertz CT molecular complexity index is 1320. The lowest BCUT2D eigenvalue weighted by Gasteiger charge is -2.33. The molecule has 0 spiro atoms. The molecule has 0 radical (unpaired) electrons. The van der Waals surface area contributed by atoms with Gasteiger partial charge in [-0.25, -0.2) is 0 Å². The van der Waals surface area contributed by atoms with E-state index >= 15 is 0 Å². The molecule has 1 aliphatic rings. The van der Waals surface area contributed by atoms with E-state index in [1.165, 1.54) is 6.42 Å². The first-order valence-corrected chi connectivity index (χ1v) is 12.8. The van der Waals surface area contributed by atoms with Crippen LogP contribution in [0.25, 0.3) is 10.9 Å². The molecular weight excluding hydrogens is 448 g/mol. The number of amides is 1. The number of phenols is 1. The molecule has 5 nitrogen and oxygen atoms in total. The van der Waals surface area contributed by atoms with Crippen LogP contribution in [0.2, 0.25) is 0 Å². The number of aromatic hydroxyl groups is 1. The zero-order valence-electron chi connectivity index (χ0n) is 20.4. The third kappa shape index (κ3) is 5.20. The van der Waals surface area contributed by atoms with E-state index in [9.17, 15) is 14.7 Å². The van der Waals surface area contributed by atoms with Crippen molar-refractivity contribution >= 4 is 28.3 Å². The summed E-state index contributed by atoms with van der Waals surface area (Å²) in [7, 11) is 0. The monoisotopic (exact) mass is 480 g/mol. The number of aromatic amines is 1. The van der Waals surface area contributed by atoms with Gasteiger partial charge in [-0.05, 0) is 47.4 Å². The number of carbonyl (C=O) groups excluding carboxylic acids is 2. The number of rotatable bonds is 8. The van der Waals surface area contributed by atoms with Gasteiger partial charge in [-0.3, -0.25) is 14.5 Å². The van der Waals surface area contributed by atoms with Crippen molar-refractivity contribution in [3.63, 3.8) is 0 Å². The summed E-state index contributed by atoms with van der Waals surface area (Å²) in [6, 6.07) is 23.3. The van der Waals surface area contributed by atoms with Crippen LogP contribution >= 0.6 is 0 Å². The van der Waals surface area contributed by atoms with E-state index in [0.29, 0.717) is 23.6 Å². The number of para-hydroxylation sites is 2. The molecule has 1 fully saturated rings. The van der Waals surface area contributed by atoms with Crippen molar-refractivity contribution < 1.29 is 14.7 Å². The summed E-state index contributed by atoms with van der Waals surface area (Å²) in [5.41, 5.74) is 3.29. The first-order chi connectivity index (χ1) is 17.6. The first-order valence-electron chi connectivity index (χ1n) is 12.8. The Hall–Kier alpha value is -3.86. The van der Waals surface area contributed by atoms with E-state index in [1.807, 2.05) is 60.8 Å². The Balaban J connectivity index is 1.53. The van der Waals surface area contributed by atoms with Gasteiger partial charge in [-0.15, -0.1) is 0 Å². The van der Waals surface area contributed by atoms with Gasteiger partial charge in [0.15, 0.2) is 5.78 Å². The minimum Gasteiger partial charge on any atom is -0.508 e. The lowest BCUT2D eigenvalue weighted by atomic mass is 9.83. The molecular formula is C31H32N2O3. The molecule has 1 aromatic heterocycles. The number of nitrogens with zero attached hydrogens (tertiary/aromatic N) is 1. The number of carbonyl (C=O) groups is 2. The number of benzene rings is 3. The number of phenolic OH excluding ortho intramolecular Hbond substituents is 1. The van der Waals surface area contributed by atoms with E-state index in [4.69, 9.17) is 0 Å². The largest absolute Gasteiger partial charge is 0.508 e. The molecule has 0 aliphatic heterocycles. The van der Waals surface area contributed by atoms with Crippen molar-refractivity contribution in [3.8, 4) is 5.75 Å². The Labute approximate surface area is 211 Å². The van der Waals surface area contributed by atoms with Gasteiger partial charge in [0, 0.05) is 29.2 Å². The van der Waals surface area contributed by atoms with Crippen molar-refractivity contribution in [3.05, 3.63) is 96.2 Å². The molecule has 1 unspecified atom stereocenters. The van der Waals surface area contributed by atoms with Crippen LogP contribution in [0, 0.1) is 5.92 Å². The van der Waals surface area contributed by atoms with Crippen LogP contribution < -0.4 is 4.90 Å². The smallest absolute Gasteiger partial charge is 0.232 e. The summed E-state index contributed by atoms with van der Waals surface area (Å²) in [4.78, 5) is 32.9. The van der Waals surface area contributed by atoms with E-state index in [-0.39, 0.29) is 23.9 Å². The predicted octanol–water partition coefficient (Wildman–Crippen LogP) is 6.73. The highest BCUT2D eigenvalue weighted by molar-refractivity contribution is 6.04. The van der Waals surface area contributed by atoms with Gasteiger partial charge in [-0.1, -0.05) is 80.6 Å². The molecule has 0 bridgehead atoms. The zero-order valence-corrected chi connectivity index (χ0v) is 20.4. The van der Waals surface area contributed by atoms with Crippen LogP contribution in [0.5, 0.6) is 5.75 Å². The Morgan fingerprint density at radius 3 is 2.33 bits per heavy atom. The Morgan fingerprint density at radius 2 is 1.58 bits per heavy atom. The lowest BCUT2D eigenvalue weighted by Crippen LogP contribution is -2.40. The van der Waals surface area contributed by atoms with E-state index < -0.39 is 6.04 Å². The number of nitrogens with one attached hydrogen (secondary N) is 1. The molecule has 5 rings (SSSR count). The summed E-state index contributed by atoms with van der Waals surface area (Å²) < 4.78 is 0. The van der Waals surface area contributed by atoms with Crippen LogP contribution in [0.3, 0.4) is 0 Å². The fourth-order valence-electron chi connectivity index (χ4n) is 5.47. The Morgan fingerprint density at radius 1 is 0.889 bits per heavy atom. The normalized spacial score (nSPS) is 15.0. The van der Waals surface area contributed by atoms with Crippen LogP contribution in [0.1, 0.15) is 55.7 Å². The van der Waals surface area contributed by atoms with Crippen LogP contribution in [0.15, 0.2) is 85.1 Å². The lowest BCUT2D eigenvalue weighted by molar-refractivity contribution is -0.125. The molecule has 4 aromatic rings. The molecule has 1 amide bonds. The molecule has 1 saturated carbocycles. The van der Waals surface area contributed by atoms with Crippen molar-refractivity contribution in [1.29, 1.82) is 0 Å². The molecule has 2 N–H and O–H groups in total. The number of H-pyrrole nitrogens is 1. The van der Waals surface area contributed by atoms with E-state index in [2.05, 4.69) is 4.98 Å². The number of anilines is 1. The number of fused-ring (bicyclic) bond motifs is 1. The van der Waals surface area contributed by atoms with E-state index in [1.54, 1.807) is 29.2 Å². The average molecular weight is 481 g/mol. The molecule has 36 heavy (non-hydrogen) atoms. The molecule has 0 saturated heterocycles. The minimum absolute atomic E-state index is 0.0451. The maximum Gasteiger partial charge on any atom is 0.232 e. The molecule has 184 valence electrons. The highest BCUT2D eigenvalue weighted by Gasteiger charge is 2.34. The highest BCUT2D eigenvalue weighted by atomic mass is 16.3. The minimum atomic E-state index is -0.757. The van der Waals surface area contributed by atoms with Crippen LogP contribution in [0.4, 0.5) is 5.69 Å². The second kappa shape index (κ2) is 10.8. The molecule has 1 heterocycles. The first kappa shape index (κ1) is 23.9. The van der Waals surface area contributed by atoms with Crippen LogP contribution in [-0.2, 0) is 16.0 Å². The summed E-state index contributed by atoms with van der Waals surface area (Å²) in [5.74, 6) is 0.394. The SMILES string of the molecule is O=C(CC1CCCCC1)C(c1ccc(O)cc1)N(C(=O)Cc1c[nH]c2ccccc12)c1ccccc1. The van der Waals surface area contributed by atoms with Gasteiger partial charge in [-0.2, -0.15) is 0 Å². The van der Waals surface area contributed by atoms with Gasteiger partial charge < -0.3 is 10.1 Å². The van der Waals surface area contributed by atoms with Crippen molar-refractivity contribution in [2.24, 2.45) is 5.92 Å². The topological polar surface area (TPSA) is 73.4 Å². The van der Waals surface area contributed by atoms with Crippen molar-refractivity contribution in [1.82, 2.24) is 4.98 Å². The second-order valence-corrected chi connectivity index (χ2v) is 9.80. The van der Waals surface area contributed by atoms with E-state index in [0.717, 1.165) is 42.1 Å². The number of aromatic nitrogens is 1. The fourth-order valence-corrected chi connectivity index (χ4v) is 5.47. The quantitative estimate of drug-likeness (QED) is 0.294. The summed E-state index contributed by atoms with van der Waals surface area (Å²) in [6.07, 6.45) is 8.16. The van der Waals surface area contributed by atoms with Gasteiger partial charge in [0.2, 0.25) is 5.91 Å². The average Bonchev–Trinajstić information content (AvgIpc) is 3.31. The molecule has 1 atom stereocenters. The molecule has 3 aromatic carbocycles. The zero-order chi connectivity index (χ0) is 24.9. The summed E-state index contributed by atoms with van der Waals surface area (Å²) >= 11 is 0. The second-order valence-electron chi connectivity index (χ2n) is 9.80. The van der Waals surface area contributed by atoms with Gasteiger partial charge in [0.1, 0.15) is 11.8 Å². The number of hydrogen-bond donors (Lipinski definition) is 2. The third-order valence-corrected chi connectivity index (χ3v) is 7.31. The Kier molecular flexibility index (Phi) is 7.17. The van der Waals surface area contributed by atoms with Crippen LogP contribution in [-0.4, -0.2) is 21.8 Å². The summed E-state index contributed by atoms with van der Waals surface area (Å²) in [5, 5.41) is 10.9. The number of hydrogen-bond acceptors (Lipinski definition) is 3. The summed E-state index contributed by atoms with van der Waals surface area (Å²) in [6.45, 7) is 0. The maximum absolute atomic E-state index is 14.0. The van der Waals surface area contributed by atoms with Crippen molar-refractivity contribution in [2.75, 3.05) is 4.90 Å². The third-order valence-electron chi connectivity index (χ3n) is 7.31. The van der Waals surface area contributed by atoms with Gasteiger partial charge in [0.05, 0.1) is 6.42 Å². The predicted molar refractivity (Wildman–Crippen MR) is 143 cm³/mol. The highest BCUT2D eigenvalue weighted by Crippen LogP contribution is 2.35. The number of ketones is 1. The van der Waals surface area contributed by atoms with Gasteiger partial charge >= 0.3 is 0 Å².